The summed E-state index contributed by atoms with van der Waals surface area (Å²) in [5.41, 5.74) is 3.87. The fourth-order valence-corrected chi connectivity index (χ4v) is 4.85. The predicted molar refractivity (Wildman–Crippen MR) is 137 cm³/mol. The number of aliphatic hydroxyl groups is 2. The van der Waals surface area contributed by atoms with Crippen LogP contribution in [0.15, 0.2) is 65.5 Å². The van der Waals surface area contributed by atoms with E-state index in [0.717, 1.165) is 35.7 Å². The SMILES string of the molecule is COc1ccc(CNCc2cccc(CCNCC(O)(O)c3ccc(O)c4[nH]c(=O)sc34)c2)cc1. The van der Waals surface area contributed by atoms with E-state index in [1.54, 1.807) is 7.11 Å². The van der Waals surface area contributed by atoms with Gasteiger partial charge < -0.3 is 35.7 Å². The number of nitrogens with one attached hydrogen (secondary N) is 3. The quantitative estimate of drug-likeness (QED) is 0.139. The summed E-state index contributed by atoms with van der Waals surface area (Å²) in [5.74, 6) is -1.46. The number of thiazole rings is 1. The summed E-state index contributed by atoms with van der Waals surface area (Å²) in [7, 11) is 1.65. The van der Waals surface area contributed by atoms with Gasteiger partial charge in [-0.05, 0) is 53.9 Å². The Hall–Kier alpha value is -3.21. The van der Waals surface area contributed by atoms with E-state index in [1.807, 2.05) is 36.4 Å². The molecule has 184 valence electrons. The Kier molecular flexibility index (Phi) is 7.84. The second kappa shape index (κ2) is 11.0. The molecule has 0 radical (unpaired) electrons. The van der Waals surface area contributed by atoms with Crippen molar-refractivity contribution in [2.24, 2.45) is 0 Å². The number of hydrogen-bond donors (Lipinski definition) is 6. The molecule has 6 N–H and O–H groups in total. The molecule has 0 aliphatic heterocycles. The van der Waals surface area contributed by atoms with Crippen LogP contribution in [-0.2, 0) is 25.3 Å². The molecule has 0 bridgehead atoms. The van der Waals surface area contributed by atoms with Crippen LogP contribution in [0.25, 0.3) is 10.2 Å². The molecule has 0 atom stereocenters. The van der Waals surface area contributed by atoms with Crippen molar-refractivity contribution >= 4 is 21.6 Å². The molecule has 8 nitrogen and oxygen atoms in total. The van der Waals surface area contributed by atoms with E-state index in [1.165, 1.54) is 23.3 Å². The summed E-state index contributed by atoms with van der Waals surface area (Å²) in [6, 6.07) is 19.0. The second-order valence-electron chi connectivity index (χ2n) is 8.37. The molecule has 9 heteroatoms. The van der Waals surface area contributed by atoms with E-state index in [2.05, 4.69) is 27.8 Å². The maximum atomic E-state index is 11.7. The maximum absolute atomic E-state index is 11.7. The normalized spacial score (nSPS) is 11.7. The third kappa shape index (κ3) is 6.27. The number of methoxy groups -OCH3 is 1. The largest absolute Gasteiger partial charge is 0.506 e. The van der Waals surface area contributed by atoms with Crippen molar-refractivity contribution in [2.75, 3.05) is 20.2 Å². The van der Waals surface area contributed by atoms with Crippen LogP contribution >= 0.6 is 11.3 Å². The minimum atomic E-state index is -2.19. The Morgan fingerprint density at radius 1 is 0.971 bits per heavy atom. The standard InChI is InChI=1S/C26H29N3O5S/c1-34-20-7-5-18(6-8-20)14-28-15-19-4-2-3-17(13-19)11-12-27-16-26(32,33)21-9-10-22(30)23-24(21)35-25(31)29-23/h2-10,13,27-28,30,32-33H,11-12,14-16H2,1H3,(H,29,31). The summed E-state index contributed by atoms with van der Waals surface area (Å²) >= 11 is 0.834. The molecule has 4 aromatic rings. The van der Waals surface area contributed by atoms with Crippen LogP contribution in [0.5, 0.6) is 11.5 Å². The van der Waals surface area contributed by atoms with Crippen LogP contribution in [0.3, 0.4) is 0 Å². The minimum absolute atomic E-state index is 0.107. The van der Waals surface area contributed by atoms with Crippen LogP contribution in [0.2, 0.25) is 0 Å². The van der Waals surface area contributed by atoms with Gasteiger partial charge in [-0.25, -0.2) is 0 Å². The third-order valence-electron chi connectivity index (χ3n) is 5.76. The van der Waals surface area contributed by atoms with E-state index < -0.39 is 5.79 Å². The number of aromatic nitrogens is 1. The molecule has 0 unspecified atom stereocenters. The van der Waals surface area contributed by atoms with Crippen molar-refractivity contribution in [1.29, 1.82) is 0 Å². The van der Waals surface area contributed by atoms with Gasteiger partial charge in [0, 0.05) is 18.7 Å². The number of aromatic amines is 1. The summed E-state index contributed by atoms with van der Waals surface area (Å²) in [4.78, 5) is 13.8. The zero-order valence-corrected chi connectivity index (χ0v) is 20.2. The molecule has 35 heavy (non-hydrogen) atoms. The number of aromatic hydroxyl groups is 1. The summed E-state index contributed by atoms with van der Waals surface area (Å²) in [5, 5.41) is 37.7. The lowest BCUT2D eigenvalue weighted by atomic mass is 10.0. The predicted octanol–water partition coefficient (Wildman–Crippen LogP) is 2.56. The molecule has 1 aromatic heterocycles. The Morgan fingerprint density at radius 2 is 1.71 bits per heavy atom. The zero-order valence-electron chi connectivity index (χ0n) is 19.4. The highest BCUT2D eigenvalue weighted by Gasteiger charge is 2.29. The molecule has 0 saturated heterocycles. The number of hydrogen-bond acceptors (Lipinski definition) is 8. The topological polar surface area (TPSA) is 127 Å². The first-order chi connectivity index (χ1) is 16.9. The van der Waals surface area contributed by atoms with Crippen LogP contribution < -0.4 is 20.2 Å². The number of phenols is 1. The molecule has 0 amide bonds. The van der Waals surface area contributed by atoms with Crippen molar-refractivity contribution in [2.45, 2.75) is 25.3 Å². The molecule has 1 heterocycles. The molecule has 0 aliphatic carbocycles. The van der Waals surface area contributed by atoms with Crippen molar-refractivity contribution in [3.05, 3.63) is 92.6 Å². The van der Waals surface area contributed by atoms with Gasteiger partial charge in [-0.15, -0.1) is 0 Å². The number of phenolic OH excluding ortho intramolecular Hbond substituents is 1. The molecule has 0 spiro atoms. The van der Waals surface area contributed by atoms with Gasteiger partial charge in [0.05, 0.1) is 18.4 Å². The van der Waals surface area contributed by atoms with E-state index in [0.29, 0.717) is 17.7 Å². The van der Waals surface area contributed by atoms with Crippen molar-refractivity contribution in [1.82, 2.24) is 15.6 Å². The molecule has 0 aliphatic rings. The molecule has 4 rings (SSSR count). The number of benzene rings is 3. The third-order valence-corrected chi connectivity index (χ3v) is 6.68. The highest BCUT2D eigenvalue weighted by Crippen LogP contribution is 2.32. The lowest BCUT2D eigenvalue weighted by Gasteiger charge is -2.23. The van der Waals surface area contributed by atoms with Crippen molar-refractivity contribution in [3.8, 4) is 11.5 Å². The van der Waals surface area contributed by atoms with Crippen LogP contribution in [0, 0.1) is 0 Å². The first-order valence-electron chi connectivity index (χ1n) is 11.3. The maximum Gasteiger partial charge on any atom is 0.305 e. The Bertz CT molecular complexity index is 1330. The highest BCUT2D eigenvalue weighted by molar-refractivity contribution is 7.16. The van der Waals surface area contributed by atoms with Gasteiger partial charge in [0.2, 0.25) is 5.79 Å². The van der Waals surface area contributed by atoms with Gasteiger partial charge in [-0.1, -0.05) is 47.7 Å². The summed E-state index contributed by atoms with van der Waals surface area (Å²) in [6.45, 7) is 1.91. The zero-order chi connectivity index (χ0) is 24.8. The number of ether oxygens (including phenoxy) is 1. The molecular formula is C26H29N3O5S. The van der Waals surface area contributed by atoms with E-state index in [-0.39, 0.29) is 28.2 Å². The average Bonchev–Trinajstić information content (AvgIpc) is 3.25. The first kappa shape index (κ1) is 24.9. The number of H-pyrrole nitrogens is 1. The number of fused-ring (bicyclic) bond motifs is 1. The molecular weight excluding hydrogens is 466 g/mol. The van der Waals surface area contributed by atoms with Crippen LogP contribution in [0.4, 0.5) is 0 Å². The van der Waals surface area contributed by atoms with E-state index >= 15 is 0 Å². The Balaban J connectivity index is 1.27. The fourth-order valence-electron chi connectivity index (χ4n) is 3.91. The smallest absolute Gasteiger partial charge is 0.305 e. The van der Waals surface area contributed by atoms with Gasteiger partial charge in [0.25, 0.3) is 0 Å². The van der Waals surface area contributed by atoms with Crippen molar-refractivity contribution in [3.63, 3.8) is 0 Å². The van der Waals surface area contributed by atoms with Crippen LogP contribution in [0.1, 0.15) is 22.3 Å². The van der Waals surface area contributed by atoms with E-state index in [9.17, 15) is 20.1 Å². The second-order valence-corrected chi connectivity index (χ2v) is 9.35. The lowest BCUT2D eigenvalue weighted by Crippen LogP contribution is -2.38. The van der Waals surface area contributed by atoms with Gasteiger partial charge in [-0.2, -0.15) is 0 Å². The van der Waals surface area contributed by atoms with Crippen LogP contribution in [-0.4, -0.2) is 40.5 Å². The van der Waals surface area contributed by atoms with Crippen molar-refractivity contribution < 1.29 is 20.1 Å². The molecule has 3 aromatic carbocycles. The van der Waals surface area contributed by atoms with Gasteiger partial charge in [0.1, 0.15) is 17.0 Å². The fraction of sp³-hybridized carbons (Fsp3) is 0.269. The summed E-state index contributed by atoms with van der Waals surface area (Å²) in [6.07, 6.45) is 0.713. The minimum Gasteiger partial charge on any atom is -0.506 e. The lowest BCUT2D eigenvalue weighted by molar-refractivity contribution is -0.164. The van der Waals surface area contributed by atoms with E-state index in [4.69, 9.17) is 4.74 Å². The molecule has 0 fully saturated rings. The Morgan fingerprint density at radius 3 is 2.49 bits per heavy atom. The Labute approximate surface area is 206 Å². The number of rotatable bonds is 11. The average molecular weight is 496 g/mol. The highest BCUT2D eigenvalue weighted by atomic mass is 32.1. The molecule has 0 saturated carbocycles. The van der Waals surface area contributed by atoms with Gasteiger partial charge in [-0.3, -0.25) is 4.79 Å². The monoisotopic (exact) mass is 495 g/mol. The summed E-state index contributed by atoms with van der Waals surface area (Å²) < 4.78 is 5.52. The van der Waals surface area contributed by atoms with Gasteiger partial charge in [0.15, 0.2) is 0 Å². The first-order valence-corrected chi connectivity index (χ1v) is 12.1. The van der Waals surface area contributed by atoms with Gasteiger partial charge >= 0.3 is 4.87 Å².